The van der Waals surface area contributed by atoms with Gasteiger partial charge in [-0.15, -0.1) is 0 Å². The second-order valence-electron chi connectivity index (χ2n) is 8.91. The fourth-order valence-corrected chi connectivity index (χ4v) is 4.04. The fraction of sp³-hybridized carbons (Fsp3) is 0.0625. The molecule has 0 aromatic heterocycles. The van der Waals surface area contributed by atoms with Crippen molar-refractivity contribution in [3.8, 4) is 0 Å². The Morgan fingerprint density at radius 1 is 0.500 bits per heavy atom. The molecule has 200 valence electrons. The second-order valence-corrected chi connectivity index (χ2v) is 8.91. The van der Waals surface area contributed by atoms with Gasteiger partial charge in [-0.2, -0.15) is 0 Å². The van der Waals surface area contributed by atoms with Gasteiger partial charge in [0.1, 0.15) is 11.4 Å². The summed E-state index contributed by atoms with van der Waals surface area (Å²) in [5.74, 6) is -1.75. The minimum Gasteiger partial charge on any atom is -0.322 e. The van der Waals surface area contributed by atoms with Crippen molar-refractivity contribution in [2.45, 2.75) is 13.8 Å². The molecule has 4 aromatic rings. The first-order valence-electron chi connectivity index (χ1n) is 12.5. The molecule has 0 fully saturated rings. The third kappa shape index (κ3) is 7.29. The van der Waals surface area contributed by atoms with Crippen LogP contribution in [-0.4, -0.2) is 23.6 Å². The molecule has 4 amide bonds. The van der Waals surface area contributed by atoms with Gasteiger partial charge in [0, 0.05) is 36.0 Å². The largest absolute Gasteiger partial charge is 0.322 e. The molecule has 0 spiro atoms. The number of anilines is 2. The monoisotopic (exact) mass is 532 g/mol. The lowest BCUT2D eigenvalue weighted by Gasteiger charge is -2.15. The molecule has 0 aliphatic carbocycles. The highest BCUT2D eigenvalue weighted by Crippen LogP contribution is 2.30. The molecule has 4 aromatic carbocycles. The average molecular weight is 533 g/mol. The van der Waals surface area contributed by atoms with Crippen LogP contribution in [0.25, 0.3) is 22.9 Å². The summed E-state index contributed by atoms with van der Waals surface area (Å²) >= 11 is 0. The van der Waals surface area contributed by atoms with Crippen LogP contribution in [0.2, 0.25) is 0 Å². The number of rotatable bonds is 8. The maximum Gasteiger partial charge on any atom is 0.272 e. The van der Waals surface area contributed by atoms with Crippen LogP contribution in [0.3, 0.4) is 0 Å². The maximum atomic E-state index is 13.2. The van der Waals surface area contributed by atoms with Gasteiger partial charge >= 0.3 is 0 Å². The van der Waals surface area contributed by atoms with E-state index in [1.165, 1.54) is 13.8 Å². The lowest BCUT2D eigenvalue weighted by atomic mass is 10.1. The third-order valence-electron chi connectivity index (χ3n) is 5.75. The van der Waals surface area contributed by atoms with E-state index in [4.69, 9.17) is 0 Å². The Balaban J connectivity index is 1.63. The number of nitrogens with one attached hydrogen (secondary N) is 4. The van der Waals surface area contributed by atoms with Crippen LogP contribution in [0.4, 0.5) is 11.4 Å². The number of hydrogen-bond donors (Lipinski definition) is 4. The quantitative estimate of drug-likeness (QED) is 0.237. The predicted molar refractivity (Wildman–Crippen MR) is 158 cm³/mol. The van der Waals surface area contributed by atoms with E-state index in [1.54, 1.807) is 36.4 Å². The topological polar surface area (TPSA) is 116 Å². The van der Waals surface area contributed by atoms with Crippen molar-refractivity contribution in [1.29, 1.82) is 0 Å². The minimum absolute atomic E-state index is 0.0890. The first-order valence-corrected chi connectivity index (χ1v) is 12.5. The van der Waals surface area contributed by atoms with Crippen molar-refractivity contribution in [2.24, 2.45) is 0 Å². The number of carbonyl (C=O) groups is 4. The van der Waals surface area contributed by atoms with E-state index in [2.05, 4.69) is 21.3 Å². The molecule has 0 unspecified atom stereocenters. The van der Waals surface area contributed by atoms with Crippen molar-refractivity contribution in [2.75, 3.05) is 10.6 Å². The lowest BCUT2D eigenvalue weighted by molar-refractivity contribution is -0.120. The highest BCUT2D eigenvalue weighted by Gasteiger charge is 2.16. The van der Waals surface area contributed by atoms with Gasteiger partial charge in [0.2, 0.25) is 11.8 Å². The molecular formula is C32H28N4O4. The average Bonchev–Trinajstić information content (AvgIpc) is 2.93. The Hall–Kier alpha value is -5.50. The molecule has 0 radical (unpaired) electrons. The molecule has 0 saturated heterocycles. The Bertz CT molecular complexity index is 1500. The Morgan fingerprint density at radius 2 is 0.875 bits per heavy atom. The van der Waals surface area contributed by atoms with Crippen molar-refractivity contribution >= 4 is 57.9 Å². The van der Waals surface area contributed by atoms with E-state index in [0.29, 0.717) is 22.1 Å². The van der Waals surface area contributed by atoms with Crippen molar-refractivity contribution in [1.82, 2.24) is 10.6 Å². The zero-order valence-corrected chi connectivity index (χ0v) is 22.0. The smallest absolute Gasteiger partial charge is 0.272 e. The zero-order chi connectivity index (χ0) is 28.5. The van der Waals surface area contributed by atoms with Crippen LogP contribution in [0.1, 0.15) is 25.0 Å². The molecule has 0 aliphatic rings. The zero-order valence-electron chi connectivity index (χ0n) is 22.0. The first-order chi connectivity index (χ1) is 19.3. The van der Waals surface area contributed by atoms with Gasteiger partial charge < -0.3 is 21.3 Å². The summed E-state index contributed by atoms with van der Waals surface area (Å²) < 4.78 is 0. The van der Waals surface area contributed by atoms with E-state index in [0.717, 1.165) is 11.1 Å². The first kappa shape index (κ1) is 27.5. The van der Waals surface area contributed by atoms with E-state index in [1.807, 2.05) is 72.8 Å². The normalized spacial score (nSPS) is 11.4. The van der Waals surface area contributed by atoms with Crippen LogP contribution in [0, 0.1) is 0 Å². The molecule has 4 N–H and O–H groups in total. The summed E-state index contributed by atoms with van der Waals surface area (Å²) in [5.41, 5.74) is 2.66. The summed E-state index contributed by atoms with van der Waals surface area (Å²) in [6.45, 7) is 2.67. The van der Waals surface area contributed by atoms with Gasteiger partial charge in [0.25, 0.3) is 11.8 Å². The van der Waals surface area contributed by atoms with Crippen LogP contribution in [0.15, 0.2) is 108 Å². The summed E-state index contributed by atoms with van der Waals surface area (Å²) in [4.78, 5) is 50.0. The minimum atomic E-state index is -0.500. The van der Waals surface area contributed by atoms with Gasteiger partial charge in [-0.3, -0.25) is 19.2 Å². The highest BCUT2D eigenvalue weighted by molar-refractivity contribution is 6.16. The molecular weight excluding hydrogens is 504 g/mol. The molecule has 8 nitrogen and oxygen atoms in total. The highest BCUT2D eigenvalue weighted by atomic mass is 16.2. The van der Waals surface area contributed by atoms with Crippen LogP contribution < -0.4 is 21.3 Å². The summed E-state index contributed by atoms with van der Waals surface area (Å²) in [6, 6.07) is 28.9. The van der Waals surface area contributed by atoms with Crippen LogP contribution >= 0.6 is 0 Å². The van der Waals surface area contributed by atoms with Gasteiger partial charge in [-0.1, -0.05) is 84.9 Å². The van der Waals surface area contributed by atoms with Crippen LogP contribution in [0.5, 0.6) is 0 Å². The van der Waals surface area contributed by atoms with Gasteiger partial charge in [-0.25, -0.2) is 0 Å². The maximum absolute atomic E-state index is 13.2. The molecule has 0 aliphatic heterocycles. The molecule has 0 atom stereocenters. The van der Waals surface area contributed by atoms with Gasteiger partial charge in [0.15, 0.2) is 0 Å². The Labute approximate surface area is 231 Å². The number of hydrogen-bond acceptors (Lipinski definition) is 4. The molecule has 0 bridgehead atoms. The predicted octanol–water partition coefficient (Wildman–Crippen LogP) is 5.07. The number of carbonyl (C=O) groups excluding carboxylic acids is 4. The van der Waals surface area contributed by atoms with Crippen molar-refractivity contribution < 1.29 is 19.2 Å². The molecule has 0 saturated carbocycles. The van der Waals surface area contributed by atoms with Gasteiger partial charge in [0.05, 0.1) is 0 Å². The number of amides is 4. The van der Waals surface area contributed by atoms with E-state index >= 15 is 0 Å². The van der Waals surface area contributed by atoms with E-state index in [-0.39, 0.29) is 23.2 Å². The lowest BCUT2D eigenvalue weighted by Crippen LogP contribution is -2.29. The number of fused-ring (bicyclic) bond motifs is 1. The molecule has 8 heteroatoms. The van der Waals surface area contributed by atoms with Crippen LogP contribution in [-0.2, 0) is 19.2 Å². The van der Waals surface area contributed by atoms with Crippen molar-refractivity contribution in [3.63, 3.8) is 0 Å². The molecule has 0 heterocycles. The summed E-state index contributed by atoms with van der Waals surface area (Å²) in [5, 5.41) is 12.3. The van der Waals surface area contributed by atoms with Crippen molar-refractivity contribution in [3.05, 3.63) is 120 Å². The third-order valence-corrected chi connectivity index (χ3v) is 5.75. The standard InChI is InChI=1S/C32H28N4O4/c1-21(37)33-29(19-23-11-5-3-6-12-23)31(39)35-27-17-9-16-26-25(27)15-10-18-28(26)36-32(40)30(34-22(2)38)20-24-13-7-4-8-14-24/h3-20H,1-2H3,(H,33,37)(H,34,38)(H,35,39)(H,36,40)/b29-19-,30-20+. The number of benzene rings is 4. The molecule has 4 rings (SSSR count). The summed E-state index contributed by atoms with van der Waals surface area (Å²) in [7, 11) is 0. The van der Waals surface area contributed by atoms with E-state index < -0.39 is 11.8 Å². The second kappa shape index (κ2) is 12.8. The van der Waals surface area contributed by atoms with E-state index in [9.17, 15) is 19.2 Å². The van der Waals surface area contributed by atoms with Gasteiger partial charge in [-0.05, 0) is 35.4 Å². The summed E-state index contributed by atoms with van der Waals surface area (Å²) in [6.07, 6.45) is 3.19. The Morgan fingerprint density at radius 3 is 1.23 bits per heavy atom. The Kier molecular flexibility index (Phi) is 8.84. The molecule has 40 heavy (non-hydrogen) atoms. The fourth-order valence-electron chi connectivity index (χ4n) is 4.04. The SMILES string of the molecule is CC(=O)N/C(=C\c1ccccc1)C(=O)Nc1cccc2c(NC(=O)/C(=C\c3ccccc3)NC(C)=O)cccc12.